The Morgan fingerprint density at radius 3 is 2.42 bits per heavy atom. The van der Waals surface area contributed by atoms with Crippen LogP contribution in [0, 0.1) is 18.6 Å². The van der Waals surface area contributed by atoms with Gasteiger partial charge >= 0.3 is 0 Å². The number of nitrogens with two attached hydrogens (primary N) is 1. The number of halogens is 2. The van der Waals surface area contributed by atoms with Crippen LogP contribution in [0.1, 0.15) is 15.9 Å². The summed E-state index contributed by atoms with van der Waals surface area (Å²) in [5.74, 6) is -1.38. The average molecular weight is 262 g/mol. The molecule has 0 spiro atoms. The Bertz CT molecular complexity index is 641. The van der Waals surface area contributed by atoms with Gasteiger partial charge in [-0.15, -0.1) is 0 Å². The van der Waals surface area contributed by atoms with E-state index < -0.39 is 17.5 Å². The second kappa shape index (κ2) is 5.06. The molecule has 2 aromatic carbocycles. The summed E-state index contributed by atoms with van der Waals surface area (Å²) >= 11 is 0. The monoisotopic (exact) mass is 262 g/mol. The van der Waals surface area contributed by atoms with E-state index in [1.807, 2.05) is 0 Å². The molecule has 0 radical (unpaired) electrons. The second-order valence-corrected chi connectivity index (χ2v) is 4.14. The van der Waals surface area contributed by atoms with Gasteiger partial charge in [-0.2, -0.15) is 0 Å². The summed E-state index contributed by atoms with van der Waals surface area (Å²) in [6, 6.07) is 7.51. The highest BCUT2D eigenvalue weighted by molar-refractivity contribution is 6.06. The number of nitrogens with one attached hydrogen (secondary N) is 1. The zero-order valence-corrected chi connectivity index (χ0v) is 10.2. The van der Waals surface area contributed by atoms with E-state index in [1.165, 1.54) is 30.3 Å². The molecule has 0 aliphatic rings. The van der Waals surface area contributed by atoms with Gasteiger partial charge < -0.3 is 11.1 Å². The number of hydrogen-bond acceptors (Lipinski definition) is 2. The quantitative estimate of drug-likeness (QED) is 0.817. The van der Waals surface area contributed by atoms with Crippen molar-refractivity contribution in [2.45, 2.75) is 6.92 Å². The number of rotatable bonds is 2. The number of nitrogen functional groups attached to an aromatic ring is 1. The summed E-state index contributed by atoms with van der Waals surface area (Å²) in [4.78, 5) is 12.0. The molecule has 0 saturated heterocycles. The molecule has 3 nitrogen and oxygen atoms in total. The van der Waals surface area contributed by atoms with Gasteiger partial charge in [-0.1, -0.05) is 0 Å². The number of hydrogen-bond donors (Lipinski definition) is 2. The van der Waals surface area contributed by atoms with Gasteiger partial charge in [0.05, 0.1) is 11.4 Å². The summed E-state index contributed by atoms with van der Waals surface area (Å²) in [5, 5.41) is 2.50. The van der Waals surface area contributed by atoms with E-state index in [1.54, 1.807) is 6.92 Å². The van der Waals surface area contributed by atoms with Crippen molar-refractivity contribution < 1.29 is 13.6 Å². The van der Waals surface area contributed by atoms with Gasteiger partial charge in [0.2, 0.25) is 0 Å². The fourth-order valence-corrected chi connectivity index (χ4v) is 1.71. The van der Waals surface area contributed by atoms with Crippen LogP contribution >= 0.6 is 0 Å². The molecule has 0 heterocycles. The Balaban J connectivity index is 2.28. The zero-order chi connectivity index (χ0) is 14.0. The van der Waals surface area contributed by atoms with Crippen molar-refractivity contribution in [3.63, 3.8) is 0 Å². The molecule has 0 atom stereocenters. The van der Waals surface area contributed by atoms with Crippen LogP contribution in [0.3, 0.4) is 0 Å². The van der Waals surface area contributed by atoms with Crippen molar-refractivity contribution in [3.8, 4) is 0 Å². The van der Waals surface area contributed by atoms with Crippen LogP contribution < -0.4 is 11.1 Å². The summed E-state index contributed by atoms with van der Waals surface area (Å²) in [6.07, 6.45) is 0. The van der Waals surface area contributed by atoms with Gasteiger partial charge in [0, 0.05) is 5.56 Å². The maximum Gasteiger partial charge on any atom is 0.255 e. The van der Waals surface area contributed by atoms with Crippen LogP contribution in [0.15, 0.2) is 36.4 Å². The Labute approximate surface area is 109 Å². The molecule has 5 heteroatoms. The first kappa shape index (κ1) is 13.0. The van der Waals surface area contributed by atoms with Crippen molar-refractivity contribution in [1.82, 2.24) is 0 Å². The first-order valence-corrected chi connectivity index (χ1v) is 5.60. The van der Waals surface area contributed by atoms with Crippen LogP contribution in [-0.2, 0) is 0 Å². The van der Waals surface area contributed by atoms with Crippen molar-refractivity contribution >= 4 is 17.3 Å². The summed E-state index contributed by atoms with van der Waals surface area (Å²) in [5.41, 5.74) is 6.89. The molecule has 1 amide bonds. The second-order valence-electron chi connectivity index (χ2n) is 4.14. The highest BCUT2D eigenvalue weighted by Gasteiger charge is 2.11. The minimum atomic E-state index is -0.500. The van der Waals surface area contributed by atoms with Crippen molar-refractivity contribution in [1.29, 1.82) is 0 Å². The maximum atomic E-state index is 13.1. The van der Waals surface area contributed by atoms with E-state index >= 15 is 0 Å². The van der Waals surface area contributed by atoms with Crippen LogP contribution in [0.5, 0.6) is 0 Å². The van der Waals surface area contributed by atoms with Crippen LogP contribution in [0.4, 0.5) is 20.2 Å². The molecule has 2 aromatic rings. The number of benzene rings is 2. The molecular formula is C14H12F2N2O. The first-order chi connectivity index (χ1) is 8.97. The third kappa shape index (κ3) is 2.88. The molecule has 0 aromatic heterocycles. The largest absolute Gasteiger partial charge is 0.397 e. The number of carbonyl (C=O) groups is 1. The lowest BCUT2D eigenvalue weighted by atomic mass is 10.1. The predicted molar refractivity (Wildman–Crippen MR) is 69.9 cm³/mol. The molecule has 3 N–H and O–H groups in total. The summed E-state index contributed by atoms with van der Waals surface area (Å²) in [7, 11) is 0. The van der Waals surface area contributed by atoms with E-state index in [0.29, 0.717) is 11.1 Å². The lowest BCUT2D eigenvalue weighted by Gasteiger charge is -2.10. The van der Waals surface area contributed by atoms with Crippen molar-refractivity contribution in [2.24, 2.45) is 0 Å². The average Bonchev–Trinajstić information content (AvgIpc) is 2.33. The minimum absolute atomic E-state index is 0.189. The van der Waals surface area contributed by atoms with Crippen LogP contribution in [0.25, 0.3) is 0 Å². The Morgan fingerprint density at radius 1 is 1.11 bits per heavy atom. The van der Waals surface area contributed by atoms with Gasteiger partial charge in [0.25, 0.3) is 5.91 Å². The molecule has 0 aliphatic heterocycles. The van der Waals surface area contributed by atoms with E-state index in [-0.39, 0.29) is 11.4 Å². The fraction of sp³-hybridized carbons (Fsp3) is 0.0714. The fourth-order valence-electron chi connectivity index (χ4n) is 1.71. The maximum absolute atomic E-state index is 13.1. The predicted octanol–water partition coefficient (Wildman–Crippen LogP) is 3.11. The third-order valence-corrected chi connectivity index (χ3v) is 2.70. The summed E-state index contributed by atoms with van der Waals surface area (Å²) < 4.78 is 26.0. The highest BCUT2D eigenvalue weighted by atomic mass is 19.1. The molecular weight excluding hydrogens is 250 g/mol. The first-order valence-electron chi connectivity index (χ1n) is 5.60. The van der Waals surface area contributed by atoms with E-state index in [2.05, 4.69) is 5.32 Å². The molecule has 0 saturated carbocycles. The zero-order valence-electron chi connectivity index (χ0n) is 10.2. The Hall–Kier alpha value is -2.43. The van der Waals surface area contributed by atoms with Crippen LogP contribution in [0.2, 0.25) is 0 Å². The SMILES string of the molecule is Cc1cc(F)ccc1C(=O)Nc1cc(F)ccc1N. The van der Waals surface area contributed by atoms with Gasteiger partial charge in [0.15, 0.2) is 0 Å². The van der Waals surface area contributed by atoms with Gasteiger partial charge in [-0.3, -0.25) is 4.79 Å². The standard InChI is InChI=1S/C14H12F2N2O/c1-8-6-9(15)2-4-11(8)14(19)18-13-7-10(16)3-5-12(13)17/h2-7H,17H2,1H3,(H,18,19). The lowest BCUT2D eigenvalue weighted by molar-refractivity contribution is 0.102. The Kier molecular flexibility index (Phi) is 3.46. The molecule has 0 bridgehead atoms. The molecule has 2 rings (SSSR count). The van der Waals surface area contributed by atoms with E-state index in [4.69, 9.17) is 5.73 Å². The molecule has 0 unspecified atom stereocenters. The molecule has 98 valence electrons. The van der Waals surface area contributed by atoms with Gasteiger partial charge in [-0.05, 0) is 48.9 Å². The minimum Gasteiger partial charge on any atom is -0.397 e. The lowest BCUT2D eigenvalue weighted by Crippen LogP contribution is -2.14. The summed E-state index contributed by atoms with van der Waals surface area (Å²) in [6.45, 7) is 1.62. The number of aryl methyl sites for hydroxylation is 1. The van der Waals surface area contributed by atoms with E-state index in [0.717, 1.165) is 6.07 Å². The third-order valence-electron chi connectivity index (χ3n) is 2.70. The molecule has 0 aliphatic carbocycles. The Morgan fingerprint density at radius 2 is 1.74 bits per heavy atom. The molecule has 0 fully saturated rings. The topological polar surface area (TPSA) is 55.1 Å². The normalized spacial score (nSPS) is 10.3. The van der Waals surface area contributed by atoms with Crippen molar-refractivity contribution in [3.05, 3.63) is 59.2 Å². The highest BCUT2D eigenvalue weighted by Crippen LogP contribution is 2.21. The van der Waals surface area contributed by atoms with E-state index in [9.17, 15) is 13.6 Å². The van der Waals surface area contributed by atoms with Gasteiger partial charge in [-0.25, -0.2) is 8.78 Å². The van der Waals surface area contributed by atoms with Gasteiger partial charge in [0.1, 0.15) is 11.6 Å². The van der Waals surface area contributed by atoms with Crippen molar-refractivity contribution in [2.75, 3.05) is 11.1 Å². The number of amides is 1. The van der Waals surface area contributed by atoms with Crippen LogP contribution in [-0.4, -0.2) is 5.91 Å². The number of carbonyl (C=O) groups excluding carboxylic acids is 1. The number of anilines is 2. The molecule has 19 heavy (non-hydrogen) atoms. The smallest absolute Gasteiger partial charge is 0.255 e.